The average molecular weight is 307 g/mol. The van der Waals surface area contributed by atoms with E-state index in [4.69, 9.17) is 0 Å². The number of amides is 2. The van der Waals surface area contributed by atoms with Gasteiger partial charge in [0, 0.05) is 19.1 Å². The van der Waals surface area contributed by atoms with Crippen LogP contribution in [0.4, 0.5) is 4.39 Å². The molecule has 5 nitrogen and oxygen atoms in total. The summed E-state index contributed by atoms with van der Waals surface area (Å²) in [5.41, 5.74) is 0.746. The van der Waals surface area contributed by atoms with Crippen LogP contribution in [0.1, 0.15) is 25.3 Å². The van der Waals surface area contributed by atoms with E-state index < -0.39 is 11.8 Å². The van der Waals surface area contributed by atoms with Crippen molar-refractivity contribution in [2.45, 2.75) is 32.4 Å². The highest BCUT2D eigenvalue weighted by Gasteiger charge is 2.24. The fourth-order valence-corrected chi connectivity index (χ4v) is 2.70. The fourth-order valence-electron chi connectivity index (χ4n) is 2.70. The van der Waals surface area contributed by atoms with Crippen molar-refractivity contribution in [1.29, 1.82) is 0 Å². The number of hydrogen-bond acceptors (Lipinski definition) is 3. The summed E-state index contributed by atoms with van der Waals surface area (Å²) < 4.78 is 12.8. The second-order valence-electron chi connectivity index (χ2n) is 5.44. The Morgan fingerprint density at radius 1 is 1.23 bits per heavy atom. The summed E-state index contributed by atoms with van der Waals surface area (Å²) in [6, 6.07) is 6.11. The molecule has 1 aromatic carbocycles. The smallest absolute Gasteiger partial charge is 0.309 e. The van der Waals surface area contributed by atoms with Crippen molar-refractivity contribution in [1.82, 2.24) is 15.5 Å². The third kappa shape index (κ3) is 4.53. The van der Waals surface area contributed by atoms with E-state index in [0.29, 0.717) is 12.6 Å². The van der Waals surface area contributed by atoms with Crippen molar-refractivity contribution in [3.8, 4) is 0 Å². The minimum absolute atomic E-state index is 0.205. The van der Waals surface area contributed by atoms with Crippen LogP contribution in [0.15, 0.2) is 24.3 Å². The Hall–Kier alpha value is -1.95. The molecule has 0 spiro atoms. The van der Waals surface area contributed by atoms with Crippen LogP contribution in [-0.2, 0) is 16.1 Å². The van der Waals surface area contributed by atoms with Crippen molar-refractivity contribution in [3.63, 3.8) is 0 Å². The maximum absolute atomic E-state index is 12.8. The first kappa shape index (κ1) is 16.4. The number of likely N-dealkylation sites (tertiary alicyclic amines) is 1. The molecule has 1 aliphatic heterocycles. The second-order valence-corrected chi connectivity index (χ2v) is 5.44. The van der Waals surface area contributed by atoms with Gasteiger partial charge in [0.15, 0.2) is 0 Å². The highest BCUT2D eigenvalue weighted by atomic mass is 19.1. The van der Waals surface area contributed by atoms with E-state index in [9.17, 15) is 14.0 Å². The number of nitrogens with one attached hydrogen (secondary N) is 2. The average Bonchev–Trinajstić information content (AvgIpc) is 2.99. The van der Waals surface area contributed by atoms with Gasteiger partial charge in [0.25, 0.3) is 0 Å². The number of likely N-dealkylation sites (N-methyl/N-ethyl adjacent to an activating group) is 1. The molecular weight excluding hydrogens is 285 g/mol. The Bertz CT molecular complexity index is 519. The predicted molar refractivity (Wildman–Crippen MR) is 81.5 cm³/mol. The van der Waals surface area contributed by atoms with Crippen LogP contribution >= 0.6 is 0 Å². The van der Waals surface area contributed by atoms with Gasteiger partial charge in [-0.25, -0.2) is 4.39 Å². The summed E-state index contributed by atoms with van der Waals surface area (Å²) >= 11 is 0. The summed E-state index contributed by atoms with van der Waals surface area (Å²) in [4.78, 5) is 25.8. The van der Waals surface area contributed by atoms with E-state index >= 15 is 0 Å². The van der Waals surface area contributed by atoms with Gasteiger partial charge in [-0.1, -0.05) is 19.1 Å². The first-order valence-corrected chi connectivity index (χ1v) is 7.64. The highest BCUT2D eigenvalue weighted by Crippen LogP contribution is 2.15. The van der Waals surface area contributed by atoms with Gasteiger partial charge in [-0.3, -0.25) is 14.5 Å². The van der Waals surface area contributed by atoms with E-state index in [1.807, 2.05) is 0 Å². The molecule has 1 heterocycles. The van der Waals surface area contributed by atoms with E-state index in [0.717, 1.165) is 31.5 Å². The van der Waals surface area contributed by atoms with Crippen LogP contribution in [-0.4, -0.2) is 42.4 Å². The Kier molecular flexibility index (Phi) is 5.89. The molecule has 1 saturated heterocycles. The third-order valence-electron chi connectivity index (χ3n) is 3.98. The number of rotatable bonds is 5. The minimum atomic E-state index is -0.662. The van der Waals surface area contributed by atoms with Crippen molar-refractivity contribution in [2.24, 2.45) is 0 Å². The number of carbonyl (C=O) groups excluding carboxylic acids is 2. The number of benzene rings is 1. The first-order chi connectivity index (χ1) is 10.6. The molecule has 0 aromatic heterocycles. The van der Waals surface area contributed by atoms with Crippen molar-refractivity contribution >= 4 is 11.8 Å². The van der Waals surface area contributed by atoms with E-state index in [1.54, 1.807) is 12.1 Å². The Morgan fingerprint density at radius 2 is 1.91 bits per heavy atom. The number of nitrogens with zero attached hydrogens (tertiary/aromatic N) is 1. The summed E-state index contributed by atoms with van der Waals surface area (Å²) in [7, 11) is 0. The van der Waals surface area contributed by atoms with Crippen LogP contribution < -0.4 is 10.6 Å². The standard InChI is InChI=1S/C16H22FN3O2/c1-2-20-9-3-4-14(20)11-19-16(22)15(21)18-10-12-5-7-13(17)8-6-12/h5-8,14H,2-4,9-11H2,1H3,(H,18,21)(H,19,22)/t14-/m0/s1. The van der Waals surface area contributed by atoms with Crippen LogP contribution in [0, 0.1) is 5.82 Å². The van der Waals surface area contributed by atoms with Gasteiger partial charge in [0.1, 0.15) is 5.82 Å². The van der Waals surface area contributed by atoms with E-state index in [-0.39, 0.29) is 12.4 Å². The minimum Gasteiger partial charge on any atom is -0.346 e. The highest BCUT2D eigenvalue weighted by molar-refractivity contribution is 6.35. The SMILES string of the molecule is CCN1CCC[C@H]1CNC(=O)C(=O)NCc1ccc(F)cc1. The van der Waals surface area contributed by atoms with Crippen LogP contribution in [0.5, 0.6) is 0 Å². The molecule has 6 heteroatoms. The molecule has 120 valence electrons. The lowest BCUT2D eigenvalue weighted by molar-refractivity contribution is -0.139. The predicted octanol–water partition coefficient (Wildman–Crippen LogP) is 1.04. The van der Waals surface area contributed by atoms with Gasteiger partial charge in [-0.2, -0.15) is 0 Å². The van der Waals surface area contributed by atoms with Gasteiger partial charge < -0.3 is 10.6 Å². The molecule has 0 unspecified atom stereocenters. The first-order valence-electron chi connectivity index (χ1n) is 7.64. The lowest BCUT2D eigenvalue weighted by Gasteiger charge is -2.22. The molecule has 1 atom stereocenters. The third-order valence-corrected chi connectivity index (χ3v) is 3.98. The van der Waals surface area contributed by atoms with Gasteiger partial charge in [0.2, 0.25) is 0 Å². The second kappa shape index (κ2) is 7.89. The molecule has 0 aliphatic carbocycles. The molecule has 0 radical (unpaired) electrons. The van der Waals surface area contributed by atoms with Gasteiger partial charge in [0.05, 0.1) is 0 Å². The Morgan fingerprint density at radius 3 is 2.59 bits per heavy atom. The summed E-state index contributed by atoms with van der Waals surface area (Å²) in [5.74, 6) is -1.61. The number of halogens is 1. The molecule has 2 rings (SSSR count). The maximum atomic E-state index is 12.8. The van der Waals surface area contributed by atoms with Gasteiger partial charge in [-0.05, 0) is 43.6 Å². The van der Waals surface area contributed by atoms with E-state index in [1.165, 1.54) is 12.1 Å². The molecule has 2 amide bonds. The fraction of sp³-hybridized carbons (Fsp3) is 0.500. The Balaban J connectivity index is 1.72. The van der Waals surface area contributed by atoms with Gasteiger partial charge >= 0.3 is 11.8 Å². The monoisotopic (exact) mass is 307 g/mol. The lowest BCUT2D eigenvalue weighted by Crippen LogP contribution is -2.45. The van der Waals surface area contributed by atoms with Gasteiger partial charge in [-0.15, -0.1) is 0 Å². The summed E-state index contributed by atoms with van der Waals surface area (Å²) in [6.45, 7) is 4.80. The van der Waals surface area contributed by atoms with Crippen LogP contribution in [0.2, 0.25) is 0 Å². The largest absolute Gasteiger partial charge is 0.346 e. The molecule has 1 aliphatic rings. The number of carbonyl (C=O) groups is 2. The lowest BCUT2D eigenvalue weighted by atomic mass is 10.2. The zero-order chi connectivity index (χ0) is 15.9. The zero-order valence-corrected chi connectivity index (χ0v) is 12.8. The van der Waals surface area contributed by atoms with Crippen molar-refractivity contribution < 1.29 is 14.0 Å². The normalized spacial score (nSPS) is 18.2. The zero-order valence-electron chi connectivity index (χ0n) is 12.8. The molecule has 1 fully saturated rings. The maximum Gasteiger partial charge on any atom is 0.309 e. The van der Waals surface area contributed by atoms with E-state index in [2.05, 4.69) is 22.5 Å². The van der Waals surface area contributed by atoms with Crippen molar-refractivity contribution in [3.05, 3.63) is 35.6 Å². The van der Waals surface area contributed by atoms with Crippen molar-refractivity contribution in [2.75, 3.05) is 19.6 Å². The molecule has 0 bridgehead atoms. The summed E-state index contributed by atoms with van der Waals surface area (Å²) in [5, 5.41) is 5.21. The summed E-state index contributed by atoms with van der Waals surface area (Å²) in [6.07, 6.45) is 2.18. The topological polar surface area (TPSA) is 61.4 Å². The molecule has 2 N–H and O–H groups in total. The molecule has 1 aromatic rings. The van der Waals surface area contributed by atoms with Crippen LogP contribution in [0.25, 0.3) is 0 Å². The Labute approximate surface area is 129 Å². The number of hydrogen-bond donors (Lipinski definition) is 2. The molecular formula is C16H22FN3O2. The molecule has 22 heavy (non-hydrogen) atoms. The molecule has 0 saturated carbocycles. The van der Waals surface area contributed by atoms with Crippen LogP contribution in [0.3, 0.4) is 0 Å². The quantitative estimate of drug-likeness (QED) is 0.799.